The maximum Gasteiger partial charge on any atom is 0.219 e. The van der Waals surface area contributed by atoms with E-state index >= 15 is 0 Å². The Kier molecular flexibility index (Phi) is 4.63. The average molecular weight is 256 g/mol. The van der Waals surface area contributed by atoms with E-state index in [-0.39, 0.29) is 18.3 Å². The Balaban J connectivity index is 0.00000144. The molecule has 2 N–H and O–H groups in total. The minimum absolute atomic E-state index is 0. The second-order valence-electron chi connectivity index (χ2n) is 4.05. The third-order valence-electron chi connectivity index (χ3n) is 3.00. The molecule has 0 bridgehead atoms. The lowest BCUT2D eigenvalue weighted by Crippen LogP contribution is -2.48. The van der Waals surface area contributed by atoms with E-state index in [9.17, 15) is 4.79 Å². The Labute approximate surface area is 108 Å². The fraction of sp³-hybridized carbons (Fsp3) is 0.417. The zero-order chi connectivity index (χ0) is 11.5. The van der Waals surface area contributed by atoms with Gasteiger partial charge in [0.25, 0.3) is 0 Å². The molecule has 1 aromatic rings. The van der Waals surface area contributed by atoms with Crippen LogP contribution in [-0.2, 0) is 4.79 Å². The normalized spacial score (nSPS) is 15.4. The summed E-state index contributed by atoms with van der Waals surface area (Å²) in [6.45, 7) is 4.89. The molecular weight excluding hydrogens is 238 g/mol. The molecule has 1 amide bonds. The Bertz CT molecular complexity index is 389. The minimum atomic E-state index is 0. The summed E-state index contributed by atoms with van der Waals surface area (Å²) in [5.74, 6) is 0.153. The lowest BCUT2D eigenvalue weighted by molar-refractivity contribution is -0.129. The van der Waals surface area contributed by atoms with Gasteiger partial charge in [0.05, 0.1) is 11.4 Å². The van der Waals surface area contributed by atoms with Crippen LogP contribution in [-0.4, -0.2) is 37.0 Å². The molecule has 0 saturated carbocycles. The van der Waals surface area contributed by atoms with Crippen molar-refractivity contribution in [2.75, 3.05) is 36.8 Å². The molecule has 0 unspecified atom stereocenters. The molecule has 1 fully saturated rings. The number of carbonyl (C=O) groups excluding carboxylic acids is 1. The van der Waals surface area contributed by atoms with Gasteiger partial charge in [0, 0.05) is 33.1 Å². The van der Waals surface area contributed by atoms with Crippen LogP contribution in [0.25, 0.3) is 0 Å². The molecule has 94 valence electrons. The van der Waals surface area contributed by atoms with E-state index < -0.39 is 0 Å². The van der Waals surface area contributed by atoms with Gasteiger partial charge in [0.1, 0.15) is 0 Å². The molecule has 1 aliphatic rings. The number of halogens is 1. The predicted octanol–water partition coefficient (Wildman–Crippen LogP) is 1.36. The number of nitrogens with two attached hydrogens (primary N) is 1. The van der Waals surface area contributed by atoms with Crippen molar-refractivity contribution in [2.24, 2.45) is 0 Å². The van der Waals surface area contributed by atoms with Crippen molar-refractivity contribution in [1.29, 1.82) is 0 Å². The first-order valence-electron chi connectivity index (χ1n) is 5.53. The Hall–Kier alpha value is -1.42. The zero-order valence-electron chi connectivity index (χ0n) is 9.93. The molecule has 1 aromatic carbocycles. The highest BCUT2D eigenvalue weighted by Gasteiger charge is 2.19. The van der Waals surface area contributed by atoms with Gasteiger partial charge in [0.2, 0.25) is 5.91 Å². The van der Waals surface area contributed by atoms with E-state index in [2.05, 4.69) is 4.90 Å². The number of amides is 1. The van der Waals surface area contributed by atoms with Crippen LogP contribution in [0.1, 0.15) is 6.92 Å². The van der Waals surface area contributed by atoms with E-state index in [1.54, 1.807) is 6.92 Å². The zero-order valence-corrected chi connectivity index (χ0v) is 10.7. The highest BCUT2D eigenvalue weighted by atomic mass is 35.5. The summed E-state index contributed by atoms with van der Waals surface area (Å²) in [6.07, 6.45) is 0. The maximum absolute atomic E-state index is 11.2. The number of para-hydroxylation sites is 2. The van der Waals surface area contributed by atoms with Crippen molar-refractivity contribution in [3.63, 3.8) is 0 Å². The second-order valence-corrected chi connectivity index (χ2v) is 4.05. The largest absolute Gasteiger partial charge is 0.397 e. The summed E-state index contributed by atoms with van der Waals surface area (Å²) in [5.41, 5.74) is 7.80. The Morgan fingerprint density at radius 1 is 1.18 bits per heavy atom. The van der Waals surface area contributed by atoms with Gasteiger partial charge in [-0.15, -0.1) is 12.4 Å². The fourth-order valence-electron chi connectivity index (χ4n) is 2.04. The van der Waals surface area contributed by atoms with E-state index in [0.29, 0.717) is 0 Å². The number of anilines is 2. The van der Waals surface area contributed by atoms with Crippen LogP contribution >= 0.6 is 12.4 Å². The Morgan fingerprint density at radius 2 is 1.76 bits per heavy atom. The van der Waals surface area contributed by atoms with Crippen molar-refractivity contribution in [3.8, 4) is 0 Å². The van der Waals surface area contributed by atoms with Gasteiger partial charge in [-0.25, -0.2) is 0 Å². The van der Waals surface area contributed by atoms with Crippen LogP contribution in [0, 0.1) is 0 Å². The number of carbonyl (C=O) groups is 1. The van der Waals surface area contributed by atoms with Gasteiger partial charge in [-0.1, -0.05) is 12.1 Å². The monoisotopic (exact) mass is 255 g/mol. The number of rotatable bonds is 1. The van der Waals surface area contributed by atoms with Gasteiger partial charge in [-0.3, -0.25) is 4.79 Å². The van der Waals surface area contributed by atoms with E-state index in [1.165, 1.54) is 0 Å². The molecule has 0 atom stereocenters. The number of hydrogen-bond donors (Lipinski definition) is 1. The van der Waals surface area contributed by atoms with Crippen molar-refractivity contribution in [1.82, 2.24) is 4.90 Å². The first kappa shape index (κ1) is 13.6. The van der Waals surface area contributed by atoms with E-state index in [0.717, 1.165) is 37.6 Å². The molecule has 0 aromatic heterocycles. The van der Waals surface area contributed by atoms with Crippen LogP contribution in [0.2, 0.25) is 0 Å². The lowest BCUT2D eigenvalue weighted by atomic mass is 10.2. The maximum atomic E-state index is 11.2. The van der Waals surface area contributed by atoms with Gasteiger partial charge in [0.15, 0.2) is 0 Å². The van der Waals surface area contributed by atoms with E-state index in [1.807, 2.05) is 29.2 Å². The molecule has 4 nitrogen and oxygen atoms in total. The lowest BCUT2D eigenvalue weighted by Gasteiger charge is -2.36. The molecular formula is C12H18ClN3O. The van der Waals surface area contributed by atoms with Crippen LogP contribution < -0.4 is 10.6 Å². The van der Waals surface area contributed by atoms with Gasteiger partial charge < -0.3 is 15.5 Å². The van der Waals surface area contributed by atoms with Crippen molar-refractivity contribution < 1.29 is 4.79 Å². The summed E-state index contributed by atoms with van der Waals surface area (Å²) in [4.78, 5) is 15.3. The predicted molar refractivity (Wildman–Crippen MR) is 72.6 cm³/mol. The molecule has 0 aliphatic carbocycles. The first-order chi connectivity index (χ1) is 7.68. The van der Waals surface area contributed by atoms with Crippen molar-refractivity contribution in [3.05, 3.63) is 24.3 Å². The standard InChI is InChI=1S/C12H17N3O.ClH/c1-10(16)14-6-8-15(9-7-14)12-5-3-2-4-11(12)13;/h2-5H,6-9,13H2,1H3;1H. The molecule has 1 saturated heterocycles. The number of nitrogens with zero attached hydrogens (tertiary/aromatic N) is 2. The highest BCUT2D eigenvalue weighted by Crippen LogP contribution is 2.23. The highest BCUT2D eigenvalue weighted by molar-refractivity contribution is 5.85. The van der Waals surface area contributed by atoms with Crippen LogP contribution in [0.4, 0.5) is 11.4 Å². The van der Waals surface area contributed by atoms with Crippen molar-refractivity contribution >= 4 is 29.7 Å². The van der Waals surface area contributed by atoms with Crippen LogP contribution in [0.3, 0.4) is 0 Å². The molecule has 0 spiro atoms. The second kappa shape index (κ2) is 5.77. The fourth-order valence-corrected chi connectivity index (χ4v) is 2.04. The van der Waals surface area contributed by atoms with Crippen LogP contribution in [0.5, 0.6) is 0 Å². The van der Waals surface area contributed by atoms with Gasteiger partial charge >= 0.3 is 0 Å². The summed E-state index contributed by atoms with van der Waals surface area (Å²) < 4.78 is 0. The average Bonchev–Trinajstić information content (AvgIpc) is 2.30. The SMILES string of the molecule is CC(=O)N1CCN(c2ccccc2N)CC1.Cl. The van der Waals surface area contributed by atoms with Gasteiger partial charge in [-0.2, -0.15) is 0 Å². The number of nitrogen functional groups attached to an aromatic ring is 1. The molecule has 1 aliphatic heterocycles. The molecule has 5 heteroatoms. The number of piperazine rings is 1. The quantitative estimate of drug-likeness (QED) is 0.771. The third kappa shape index (κ3) is 3.03. The smallest absolute Gasteiger partial charge is 0.219 e. The van der Waals surface area contributed by atoms with Gasteiger partial charge in [-0.05, 0) is 12.1 Å². The number of benzene rings is 1. The molecule has 2 rings (SSSR count). The summed E-state index contributed by atoms with van der Waals surface area (Å²) in [7, 11) is 0. The first-order valence-corrected chi connectivity index (χ1v) is 5.53. The van der Waals surface area contributed by atoms with Crippen molar-refractivity contribution in [2.45, 2.75) is 6.92 Å². The van der Waals surface area contributed by atoms with E-state index in [4.69, 9.17) is 5.73 Å². The Morgan fingerprint density at radius 3 is 2.29 bits per heavy atom. The third-order valence-corrected chi connectivity index (χ3v) is 3.00. The number of hydrogen-bond acceptors (Lipinski definition) is 3. The van der Waals surface area contributed by atoms with Crippen LogP contribution in [0.15, 0.2) is 24.3 Å². The topological polar surface area (TPSA) is 49.6 Å². The summed E-state index contributed by atoms with van der Waals surface area (Å²) in [6, 6.07) is 7.86. The summed E-state index contributed by atoms with van der Waals surface area (Å²) >= 11 is 0. The molecule has 0 radical (unpaired) electrons. The summed E-state index contributed by atoms with van der Waals surface area (Å²) in [5, 5.41) is 0. The molecule has 17 heavy (non-hydrogen) atoms. The minimum Gasteiger partial charge on any atom is -0.397 e. The molecule has 1 heterocycles.